The van der Waals surface area contributed by atoms with E-state index in [1.165, 1.54) is 0 Å². The predicted molar refractivity (Wildman–Crippen MR) is 77.2 cm³/mol. The Bertz CT molecular complexity index is 540. The highest BCUT2D eigenvalue weighted by molar-refractivity contribution is 6.42. The fraction of sp³-hybridized carbons (Fsp3) is 0.462. The van der Waals surface area contributed by atoms with Gasteiger partial charge in [-0.15, -0.1) is 0 Å². The molecular formula is C13H15Cl2N3O. The Labute approximate surface area is 121 Å². The number of imidazole rings is 1. The van der Waals surface area contributed by atoms with Gasteiger partial charge in [0.05, 0.1) is 27.7 Å². The van der Waals surface area contributed by atoms with E-state index in [4.69, 9.17) is 27.9 Å². The molecule has 1 saturated heterocycles. The van der Waals surface area contributed by atoms with Gasteiger partial charge in [0, 0.05) is 0 Å². The molecule has 2 aromatic rings. The minimum atomic E-state index is 0.505. The Morgan fingerprint density at radius 1 is 1.21 bits per heavy atom. The second-order valence-electron chi connectivity index (χ2n) is 4.83. The van der Waals surface area contributed by atoms with Crippen LogP contribution in [0.4, 0.5) is 0 Å². The zero-order valence-corrected chi connectivity index (χ0v) is 11.9. The van der Waals surface area contributed by atoms with Crippen molar-refractivity contribution in [1.29, 1.82) is 0 Å². The summed E-state index contributed by atoms with van der Waals surface area (Å²) in [4.78, 5) is 7.47. The van der Waals surface area contributed by atoms with Gasteiger partial charge in [-0.1, -0.05) is 23.2 Å². The van der Waals surface area contributed by atoms with E-state index in [9.17, 15) is 0 Å². The third-order valence-corrected chi connectivity index (χ3v) is 4.14. The Morgan fingerprint density at radius 2 is 1.95 bits per heavy atom. The van der Waals surface area contributed by atoms with Gasteiger partial charge in [0.1, 0.15) is 0 Å². The maximum atomic E-state index is 5.97. The summed E-state index contributed by atoms with van der Waals surface area (Å²) in [5, 5.41) is 4.36. The van der Waals surface area contributed by atoms with Gasteiger partial charge in [-0.25, -0.2) is 0 Å². The lowest BCUT2D eigenvalue weighted by molar-refractivity contribution is 0.204. The van der Waals surface area contributed by atoms with Crippen LogP contribution in [0.1, 0.15) is 12.8 Å². The number of hydrogen-bond donors (Lipinski definition) is 2. The molecule has 1 aliphatic heterocycles. The third kappa shape index (κ3) is 2.96. The first kappa shape index (κ1) is 13.0. The molecule has 0 amide bonds. The first-order valence-electron chi connectivity index (χ1n) is 6.40. The highest BCUT2D eigenvalue weighted by Gasteiger charge is 2.15. The smallest absolute Gasteiger partial charge is 0.294 e. The van der Waals surface area contributed by atoms with Gasteiger partial charge in [0.25, 0.3) is 6.01 Å². The van der Waals surface area contributed by atoms with Gasteiger partial charge >= 0.3 is 0 Å². The van der Waals surface area contributed by atoms with Crippen molar-refractivity contribution in [2.75, 3.05) is 19.7 Å². The van der Waals surface area contributed by atoms with E-state index in [-0.39, 0.29) is 0 Å². The van der Waals surface area contributed by atoms with Crippen LogP contribution in [-0.4, -0.2) is 29.7 Å². The summed E-state index contributed by atoms with van der Waals surface area (Å²) in [5.41, 5.74) is 1.62. The standard InChI is InChI=1S/C13H15Cl2N3O/c14-9-5-11-12(6-10(9)15)18-13(17-11)19-7-8-1-3-16-4-2-8/h5-6,8,16H,1-4,7H2,(H,17,18). The largest absolute Gasteiger partial charge is 0.464 e. The number of rotatable bonds is 3. The Hall–Kier alpha value is -0.970. The number of aromatic amines is 1. The third-order valence-electron chi connectivity index (χ3n) is 3.42. The quantitative estimate of drug-likeness (QED) is 0.915. The lowest BCUT2D eigenvalue weighted by Crippen LogP contribution is -2.30. The van der Waals surface area contributed by atoms with E-state index >= 15 is 0 Å². The monoisotopic (exact) mass is 299 g/mol. The summed E-state index contributed by atoms with van der Waals surface area (Å²) in [6.45, 7) is 2.84. The summed E-state index contributed by atoms with van der Waals surface area (Å²) >= 11 is 11.9. The fourth-order valence-electron chi connectivity index (χ4n) is 2.30. The van der Waals surface area contributed by atoms with Crippen LogP contribution < -0.4 is 10.1 Å². The molecule has 19 heavy (non-hydrogen) atoms. The predicted octanol–water partition coefficient (Wildman–Crippen LogP) is 3.25. The number of aromatic nitrogens is 2. The van der Waals surface area contributed by atoms with Crippen LogP contribution in [0.25, 0.3) is 11.0 Å². The van der Waals surface area contributed by atoms with Crippen LogP contribution in [0.3, 0.4) is 0 Å². The maximum absolute atomic E-state index is 5.97. The fourth-order valence-corrected chi connectivity index (χ4v) is 2.62. The summed E-state index contributed by atoms with van der Waals surface area (Å²) < 4.78 is 5.73. The highest BCUT2D eigenvalue weighted by atomic mass is 35.5. The van der Waals surface area contributed by atoms with Gasteiger partial charge in [-0.3, -0.25) is 0 Å². The number of fused-ring (bicyclic) bond motifs is 1. The minimum Gasteiger partial charge on any atom is -0.464 e. The number of H-pyrrole nitrogens is 1. The van der Waals surface area contributed by atoms with Crippen molar-refractivity contribution < 1.29 is 4.74 Å². The number of halogens is 2. The number of nitrogens with one attached hydrogen (secondary N) is 2. The lowest BCUT2D eigenvalue weighted by Gasteiger charge is -2.21. The van der Waals surface area contributed by atoms with Crippen molar-refractivity contribution in [2.45, 2.75) is 12.8 Å². The normalized spacial score (nSPS) is 16.9. The van der Waals surface area contributed by atoms with E-state index in [1.54, 1.807) is 12.1 Å². The molecule has 3 rings (SSSR count). The molecule has 6 heteroatoms. The summed E-state index contributed by atoms with van der Waals surface area (Å²) in [7, 11) is 0. The summed E-state index contributed by atoms with van der Waals surface area (Å²) in [5.74, 6) is 0.599. The first-order valence-corrected chi connectivity index (χ1v) is 7.16. The van der Waals surface area contributed by atoms with Crippen LogP contribution >= 0.6 is 23.2 Å². The lowest BCUT2D eigenvalue weighted by atomic mass is 9.99. The molecule has 0 aliphatic carbocycles. The number of piperidine rings is 1. The average molecular weight is 300 g/mol. The van der Waals surface area contributed by atoms with Gasteiger partial charge in [0.2, 0.25) is 0 Å². The minimum absolute atomic E-state index is 0.505. The molecule has 1 aliphatic rings. The van der Waals surface area contributed by atoms with Gasteiger partial charge in [-0.05, 0) is 44.0 Å². The number of ether oxygens (including phenoxy) is 1. The second kappa shape index (κ2) is 5.57. The number of hydrogen-bond acceptors (Lipinski definition) is 3. The van der Waals surface area contributed by atoms with Crippen molar-refractivity contribution in [2.24, 2.45) is 5.92 Å². The average Bonchev–Trinajstić information content (AvgIpc) is 2.80. The molecule has 1 fully saturated rings. The Kier molecular flexibility index (Phi) is 3.82. The van der Waals surface area contributed by atoms with E-state index < -0.39 is 0 Å². The molecule has 0 saturated carbocycles. The topological polar surface area (TPSA) is 49.9 Å². The van der Waals surface area contributed by atoms with E-state index in [0.717, 1.165) is 37.0 Å². The number of nitrogens with zero attached hydrogens (tertiary/aromatic N) is 1. The molecular weight excluding hydrogens is 285 g/mol. The molecule has 0 atom stereocenters. The Balaban J connectivity index is 1.70. The molecule has 102 valence electrons. The van der Waals surface area contributed by atoms with Gasteiger partial charge < -0.3 is 15.0 Å². The summed E-state index contributed by atoms with van der Waals surface area (Å²) in [6, 6.07) is 4.04. The SMILES string of the molecule is Clc1cc2nc(OCC3CCNCC3)[nH]c2cc1Cl. The van der Waals surface area contributed by atoms with Crippen LogP contribution in [0.15, 0.2) is 12.1 Å². The van der Waals surface area contributed by atoms with Crippen molar-refractivity contribution in [3.8, 4) is 6.01 Å². The van der Waals surface area contributed by atoms with Crippen molar-refractivity contribution >= 4 is 34.2 Å². The van der Waals surface area contributed by atoms with Crippen LogP contribution in [-0.2, 0) is 0 Å². The molecule has 1 aromatic heterocycles. The number of benzene rings is 1. The first-order chi connectivity index (χ1) is 9.22. The van der Waals surface area contributed by atoms with Gasteiger partial charge in [-0.2, -0.15) is 4.98 Å². The van der Waals surface area contributed by atoms with Crippen molar-refractivity contribution in [1.82, 2.24) is 15.3 Å². The van der Waals surface area contributed by atoms with Crippen LogP contribution in [0.5, 0.6) is 6.01 Å². The zero-order chi connectivity index (χ0) is 13.2. The molecule has 0 radical (unpaired) electrons. The highest BCUT2D eigenvalue weighted by Crippen LogP contribution is 2.28. The molecule has 2 heterocycles. The molecule has 0 spiro atoms. The molecule has 2 N–H and O–H groups in total. The van der Waals surface area contributed by atoms with Crippen LogP contribution in [0.2, 0.25) is 10.0 Å². The Morgan fingerprint density at radius 3 is 2.74 bits per heavy atom. The van der Waals surface area contributed by atoms with E-state index in [0.29, 0.717) is 28.6 Å². The van der Waals surface area contributed by atoms with Gasteiger partial charge in [0.15, 0.2) is 0 Å². The van der Waals surface area contributed by atoms with Crippen molar-refractivity contribution in [3.63, 3.8) is 0 Å². The van der Waals surface area contributed by atoms with Crippen molar-refractivity contribution in [3.05, 3.63) is 22.2 Å². The van der Waals surface area contributed by atoms with E-state index in [2.05, 4.69) is 15.3 Å². The molecule has 0 unspecified atom stereocenters. The second-order valence-corrected chi connectivity index (χ2v) is 5.64. The van der Waals surface area contributed by atoms with E-state index in [1.807, 2.05) is 0 Å². The molecule has 4 nitrogen and oxygen atoms in total. The zero-order valence-electron chi connectivity index (χ0n) is 10.4. The maximum Gasteiger partial charge on any atom is 0.294 e. The summed E-state index contributed by atoms with van der Waals surface area (Å²) in [6.07, 6.45) is 2.30. The molecule has 1 aromatic carbocycles. The van der Waals surface area contributed by atoms with Crippen LogP contribution in [0, 0.1) is 5.92 Å². The molecule has 0 bridgehead atoms.